The maximum atomic E-state index is 13.4. The second kappa shape index (κ2) is 9.08. The Morgan fingerprint density at radius 2 is 1.88 bits per heavy atom. The predicted molar refractivity (Wildman–Crippen MR) is 129 cm³/mol. The smallest absolute Gasteiger partial charge is 0.254 e. The van der Waals surface area contributed by atoms with Gasteiger partial charge in [0.2, 0.25) is 0 Å². The van der Waals surface area contributed by atoms with E-state index in [1.807, 2.05) is 49.1 Å². The molecule has 1 saturated heterocycles. The molecule has 32 heavy (non-hydrogen) atoms. The lowest BCUT2D eigenvalue weighted by Gasteiger charge is -2.31. The molecule has 0 N–H and O–H groups in total. The lowest BCUT2D eigenvalue weighted by atomic mass is 9.97. The summed E-state index contributed by atoms with van der Waals surface area (Å²) in [5, 5.41) is 5.24. The zero-order valence-corrected chi connectivity index (χ0v) is 19.8. The molecule has 1 aliphatic heterocycles. The van der Waals surface area contributed by atoms with Crippen LogP contribution < -0.4 is 0 Å². The molecule has 1 aliphatic rings. The fourth-order valence-electron chi connectivity index (χ4n) is 4.19. The standard InChI is InChI=1S/C25H25N3O2S2/c1-16-20(17(2)30-27-16)15-31-22-9-5-3-7-19(22)25(29)28-13-11-18(12-14-28)24-26-21-8-4-6-10-23(21)32-24/h3-10,18H,11-15H2,1-2H3. The molecule has 5 nitrogen and oxygen atoms in total. The third kappa shape index (κ3) is 4.19. The highest BCUT2D eigenvalue weighted by Crippen LogP contribution is 2.35. The first-order valence-electron chi connectivity index (χ1n) is 10.9. The Morgan fingerprint density at radius 1 is 1.12 bits per heavy atom. The van der Waals surface area contributed by atoms with Crippen LogP contribution in [0, 0.1) is 13.8 Å². The summed E-state index contributed by atoms with van der Waals surface area (Å²) in [4.78, 5) is 21.2. The molecule has 0 unspecified atom stereocenters. The Bertz CT molecular complexity index is 1200. The van der Waals surface area contributed by atoms with Gasteiger partial charge in [0, 0.05) is 35.2 Å². The van der Waals surface area contributed by atoms with Crippen molar-refractivity contribution in [3.05, 3.63) is 76.1 Å². The Morgan fingerprint density at radius 3 is 2.62 bits per heavy atom. The number of aromatic nitrogens is 2. The van der Waals surface area contributed by atoms with Gasteiger partial charge in [-0.15, -0.1) is 23.1 Å². The molecule has 5 rings (SSSR count). The van der Waals surface area contributed by atoms with E-state index < -0.39 is 0 Å². The van der Waals surface area contributed by atoms with Crippen molar-refractivity contribution in [1.82, 2.24) is 15.0 Å². The lowest BCUT2D eigenvalue weighted by molar-refractivity contribution is 0.0709. The minimum absolute atomic E-state index is 0.120. The topological polar surface area (TPSA) is 59.2 Å². The van der Waals surface area contributed by atoms with Crippen molar-refractivity contribution < 1.29 is 9.32 Å². The van der Waals surface area contributed by atoms with Crippen molar-refractivity contribution in [3.8, 4) is 0 Å². The molecule has 7 heteroatoms. The molecule has 0 spiro atoms. The second-order valence-electron chi connectivity index (χ2n) is 8.17. The van der Waals surface area contributed by atoms with Crippen molar-refractivity contribution in [1.29, 1.82) is 0 Å². The van der Waals surface area contributed by atoms with E-state index in [9.17, 15) is 4.79 Å². The van der Waals surface area contributed by atoms with Crippen LogP contribution in [0.5, 0.6) is 0 Å². The summed E-state index contributed by atoms with van der Waals surface area (Å²) in [5.74, 6) is 2.14. The summed E-state index contributed by atoms with van der Waals surface area (Å²) in [7, 11) is 0. The van der Waals surface area contributed by atoms with Gasteiger partial charge < -0.3 is 9.42 Å². The highest BCUT2D eigenvalue weighted by Gasteiger charge is 2.27. The molecular weight excluding hydrogens is 438 g/mol. The molecule has 1 fully saturated rings. The average Bonchev–Trinajstić information content (AvgIpc) is 3.40. The first kappa shape index (κ1) is 21.2. The van der Waals surface area contributed by atoms with E-state index >= 15 is 0 Å². The fourth-order valence-corrected chi connectivity index (χ4v) is 6.53. The SMILES string of the molecule is Cc1noc(C)c1CSc1ccccc1C(=O)N1CCC(c2nc3ccccc3s2)CC1. The van der Waals surface area contributed by atoms with Gasteiger partial charge in [0.15, 0.2) is 0 Å². The van der Waals surface area contributed by atoms with Crippen molar-refractivity contribution in [2.45, 2.75) is 43.3 Å². The number of likely N-dealkylation sites (tertiary alicyclic amines) is 1. The van der Waals surface area contributed by atoms with Gasteiger partial charge in [0.05, 0.1) is 26.5 Å². The summed E-state index contributed by atoms with van der Waals surface area (Å²) < 4.78 is 6.52. The maximum Gasteiger partial charge on any atom is 0.254 e. The number of carbonyl (C=O) groups is 1. The largest absolute Gasteiger partial charge is 0.361 e. The first-order chi connectivity index (χ1) is 15.6. The molecule has 164 valence electrons. The summed E-state index contributed by atoms with van der Waals surface area (Å²) in [5.41, 5.74) is 3.88. The van der Waals surface area contributed by atoms with Crippen molar-refractivity contribution in [2.75, 3.05) is 13.1 Å². The molecule has 4 aromatic rings. The number of fused-ring (bicyclic) bond motifs is 1. The number of amides is 1. The molecule has 2 aromatic carbocycles. The van der Waals surface area contributed by atoms with Crippen LogP contribution in [0.4, 0.5) is 0 Å². The lowest BCUT2D eigenvalue weighted by Crippen LogP contribution is -2.38. The van der Waals surface area contributed by atoms with E-state index in [4.69, 9.17) is 9.51 Å². The maximum absolute atomic E-state index is 13.4. The summed E-state index contributed by atoms with van der Waals surface area (Å²) in [6, 6.07) is 16.2. The summed E-state index contributed by atoms with van der Waals surface area (Å²) in [6.07, 6.45) is 1.92. The van der Waals surface area contributed by atoms with Crippen molar-refractivity contribution >= 4 is 39.2 Å². The average molecular weight is 464 g/mol. The number of carbonyl (C=O) groups excluding carboxylic acids is 1. The van der Waals surface area contributed by atoms with Crippen LogP contribution in [0.2, 0.25) is 0 Å². The highest BCUT2D eigenvalue weighted by atomic mass is 32.2. The number of para-hydroxylation sites is 1. The van der Waals surface area contributed by atoms with E-state index in [0.717, 1.165) is 64.7 Å². The number of rotatable bonds is 5. The van der Waals surface area contributed by atoms with Crippen LogP contribution in [-0.4, -0.2) is 34.0 Å². The van der Waals surface area contributed by atoms with E-state index in [1.54, 1.807) is 23.1 Å². The quantitative estimate of drug-likeness (QED) is 0.329. The Hall–Kier alpha value is -2.64. The Kier molecular flexibility index (Phi) is 6.02. The number of thiazole rings is 1. The zero-order valence-electron chi connectivity index (χ0n) is 18.2. The minimum atomic E-state index is 0.120. The van der Waals surface area contributed by atoms with Crippen LogP contribution >= 0.6 is 23.1 Å². The Labute approximate surface area is 195 Å². The molecule has 0 aliphatic carbocycles. The van der Waals surface area contributed by atoms with Gasteiger partial charge in [-0.25, -0.2) is 4.98 Å². The number of aryl methyl sites for hydroxylation is 2. The van der Waals surface area contributed by atoms with Crippen LogP contribution in [0.3, 0.4) is 0 Å². The summed E-state index contributed by atoms with van der Waals surface area (Å²) >= 11 is 3.46. The zero-order chi connectivity index (χ0) is 22.1. The molecule has 0 saturated carbocycles. The van der Waals surface area contributed by atoms with Crippen LogP contribution in [-0.2, 0) is 5.75 Å². The molecule has 3 heterocycles. The van der Waals surface area contributed by atoms with E-state index in [0.29, 0.717) is 5.92 Å². The molecular formula is C25H25N3O2S2. The first-order valence-corrected chi connectivity index (χ1v) is 12.7. The van der Waals surface area contributed by atoms with Gasteiger partial charge in [-0.3, -0.25) is 4.79 Å². The summed E-state index contributed by atoms with van der Waals surface area (Å²) in [6.45, 7) is 5.42. The predicted octanol–water partition coefficient (Wildman–Crippen LogP) is 6.21. The monoisotopic (exact) mass is 463 g/mol. The number of thioether (sulfide) groups is 1. The van der Waals surface area contributed by atoms with E-state index in [1.165, 1.54) is 9.71 Å². The second-order valence-corrected chi connectivity index (χ2v) is 10.3. The van der Waals surface area contributed by atoms with E-state index in [2.05, 4.69) is 23.4 Å². The normalized spacial score (nSPS) is 14.9. The van der Waals surface area contributed by atoms with Crippen LogP contribution in [0.1, 0.15) is 51.1 Å². The number of hydrogen-bond acceptors (Lipinski definition) is 6. The molecule has 0 bridgehead atoms. The van der Waals surface area contributed by atoms with Crippen LogP contribution in [0.15, 0.2) is 57.9 Å². The minimum Gasteiger partial charge on any atom is -0.361 e. The van der Waals surface area contributed by atoms with Gasteiger partial charge >= 0.3 is 0 Å². The molecule has 1 amide bonds. The van der Waals surface area contributed by atoms with E-state index in [-0.39, 0.29) is 5.91 Å². The number of nitrogens with zero attached hydrogens (tertiary/aromatic N) is 3. The fraction of sp³-hybridized carbons (Fsp3) is 0.320. The van der Waals surface area contributed by atoms with Gasteiger partial charge in [0.1, 0.15) is 5.76 Å². The van der Waals surface area contributed by atoms with Crippen LogP contribution in [0.25, 0.3) is 10.2 Å². The van der Waals surface area contributed by atoms with Crippen molar-refractivity contribution in [2.24, 2.45) is 0 Å². The van der Waals surface area contributed by atoms with Gasteiger partial charge in [-0.2, -0.15) is 0 Å². The Balaban J connectivity index is 1.26. The third-order valence-corrected chi connectivity index (χ3v) is 8.41. The third-order valence-electron chi connectivity index (χ3n) is 6.11. The van der Waals surface area contributed by atoms with Gasteiger partial charge in [0.25, 0.3) is 5.91 Å². The van der Waals surface area contributed by atoms with Gasteiger partial charge in [-0.1, -0.05) is 29.4 Å². The number of benzene rings is 2. The molecule has 2 aromatic heterocycles. The number of hydrogen-bond donors (Lipinski definition) is 0. The molecule has 0 radical (unpaired) electrons. The number of piperidine rings is 1. The highest BCUT2D eigenvalue weighted by molar-refractivity contribution is 7.98. The van der Waals surface area contributed by atoms with Gasteiger partial charge in [-0.05, 0) is 51.0 Å². The molecule has 0 atom stereocenters. The van der Waals surface area contributed by atoms with Crippen molar-refractivity contribution in [3.63, 3.8) is 0 Å².